The first-order valence-corrected chi connectivity index (χ1v) is 7.17. The normalized spacial score (nSPS) is 33.3. The summed E-state index contributed by atoms with van der Waals surface area (Å²) in [5.74, 6) is 1.05. The van der Waals surface area contributed by atoms with Crippen LogP contribution in [-0.4, -0.2) is 47.8 Å². The van der Waals surface area contributed by atoms with E-state index in [0.29, 0.717) is 18.4 Å². The van der Waals surface area contributed by atoms with Crippen LogP contribution in [0.2, 0.25) is 0 Å². The van der Waals surface area contributed by atoms with Gasteiger partial charge in [0.1, 0.15) is 0 Å². The SMILES string of the molecule is CCOC1CC(CC(=O)N2CCC(C(C)O)C2)C1. The molecule has 0 aromatic carbocycles. The number of aliphatic hydroxyl groups excluding tert-OH is 1. The van der Waals surface area contributed by atoms with Crippen LogP contribution in [0.4, 0.5) is 0 Å². The lowest BCUT2D eigenvalue weighted by atomic mass is 9.80. The Morgan fingerprint density at radius 1 is 1.50 bits per heavy atom. The van der Waals surface area contributed by atoms with Crippen LogP contribution in [0, 0.1) is 11.8 Å². The molecule has 0 aromatic heterocycles. The zero-order chi connectivity index (χ0) is 13.1. The summed E-state index contributed by atoms with van der Waals surface area (Å²) in [5, 5.41) is 9.53. The van der Waals surface area contributed by atoms with Gasteiger partial charge in [0.05, 0.1) is 12.2 Å². The zero-order valence-electron chi connectivity index (χ0n) is 11.5. The number of likely N-dealkylation sites (tertiary alicyclic amines) is 1. The van der Waals surface area contributed by atoms with Gasteiger partial charge in [-0.15, -0.1) is 0 Å². The number of amides is 1. The van der Waals surface area contributed by atoms with Gasteiger partial charge in [-0.25, -0.2) is 0 Å². The van der Waals surface area contributed by atoms with E-state index in [1.54, 1.807) is 0 Å². The van der Waals surface area contributed by atoms with Gasteiger partial charge in [-0.3, -0.25) is 4.79 Å². The molecule has 1 saturated heterocycles. The van der Waals surface area contributed by atoms with Crippen LogP contribution in [0.25, 0.3) is 0 Å². The molecule has 4 heteroatoms. The monoisotopic (exact) mass is 255 g/mol. The molecule has 0 spiro atoms. The van der Waals surface area contributed by atoms with E-state index in [2.05, 4.69) is 0 Å². The van der Waals surface area contributed by atoms with Gasteiger partial charge in [-0.05, 0) is 39.0 Å². The largest absolute Gasteiger partial charge is 0.393 e. The van der Waals surface area contributed by atoms with Gasteiger partial charge in [0.2, 0.25) is 5.91 Å². The Kier molecular flexibility index (Phi) is 4.62. The average Bonchev–Trinajstić information content (AvgIpc) is 2.75. The van der Waals surface area contributed by atoms with Crippen molar-refractivity contribution in [3.63, 3.8) is 0 Å². The van der Waals surface area contributed by atoms with Gasteiger partial charge in [0, 0.05) is 32.0 Å². The van der Waals surface area contributed by atoms with Gasteiger partial charge < -0.3 is 14.7 Å². The predicted octanol–water partition coefficient (Wildman–Crippen LogP) is 1.42. The molecule has 0 bridgehead atoms. The second-order valence-corrected chi connectivity index (χ2v) is 5.75. The number of hydrogen-bond acceptors (Lipinski definition) is 3. The smallest absolute Gasteiger partial charge is 0.222 e. The van der Waals surface area contributed by atoms with E-state index in [-0.39, 0.29) is 17.9 Å². The minimum absolute atomic E-state index is 0.262. The Labute approximate surface area is 109 Å². The van der Waals surface area contributed by atoms with E-state index in [9.17, 15) is 9.90 Å². The van der Waals surface area contributed by atoms with Crippen molar-refractivity contribution in [2.24, 2.45) is 11.8 Å². The lowest BCUT2D eigenvalue weighted by molar-refractivity contribution is -0.133. The van der Waals surface area contributed by atoms with E-state index in [1.807, 2.05) is 18.7 Å². The second-order valence-electron chi connectivity index (χ2n) is 5.75. The molecule has 4 nitrogen and oxygen atoms in total. The molecule has 1 N–H and O–H groups in total. The van der Waals surface area contributed by atoms with Crippen LogP contribution in [-0.2, 0) is 9.53 Å². The quantitative estimate of drug-likeness (QED) is 0.808. The van der Waals surface area contributed by atoms with Gasteiger partial charge in [0.25, 0.3) is 0 Å². The van der Waals surface area contributed by atoms with Gasteiger partial charge in [-0.1, -0.05) is 0 Å². The van der Waals surface area contributed by atoms with E-state index in [4.69, 9.17) is 4.74 Å². The fraction of sp³-hybridized carbons (Fsp3) is 0.929. The molecule has 1 heterocycles. The zero-order valence-corrected chi connectivity index (χ0v) is 11.5. The summed E-state index contributed by atoms with van der Waals surface area (Å²) in [6.07, 6.45) is 3.76. The molecule has 1 saturated carbocycles. The van der Waals surface area contributed by atoms with Crippen molar-refractivity contribution < 1.29 is 14.6 Å². The third-order valence-corrected chi connectivity index (χ3v) is 4.32. The van der Waals surface area contributed by atoms with Crippen LogP contribution in [0.15, 0.2) is 0 Å². The molecule has 0 radical (unpaired) electrons. The van der Waals surface area contributed by atoms with Crippen molar-refractivity contribution in [3.8, 4) is 0 Å². The highest BCUT2D eigenvalue weighted by molar-refractivity contribution is 5.76. The second kappa shape index (κ2) is 6.02. The number of nitrogens with zero attached hydrogens (tertiary/aromatic N) is 1. The molecular weight excluding hydrogens is 230 g/mol. The maximum atomic E-state index is 12.1. The van der Waals surface area contributed by atoms with Crippen molar-refractivity contribution in [3.05, 3.63) is 0 Å². The van der Waals surface area contributed by atoms with Crippen LogP contribution >= 0.6 is 0 Å². The minimum atomic E-state index is -0.297. The van der Waals surface area contributed by atoms with E-state index in [0.717, 1.165) is 39.0 Å². The van der Waals surface area contributed by atoms with E-state index >= 15 is 0 Å². The highest BCUT2D eigenvalue weighted by atomic mass is 16.5. The topological polar surface area (TPSA) is 49.8 Å². The Morgan fingerprint density at radius 2 is 2.22 bits per heavy atom. The molecule has 2 atom stereocenters. The fourth-order valence-electron chi connectivity index (χ4n) is 3.00. The third kappa shape index (κ3) is 3.23. The van der Waals surface area contributed by atoms with Crippen LogP contribution in [0.5, 0.6) is 0 Å². The van der Waals surface area contributed by atoms with Gasteiger partial charge >= 0.3 is 0 Å². The summed E-state index contributed by atoms with van der Waals surface area (Å²) in [7, 11) is 0. The van der Waals surface area contributed by atoms with Crippen LogP contribution < -0.4 is 0 Å². The van der Waals surface area contributed by atoms with Crippen LogP contribution in [0.1, 0.15) is 39.5 Å². The molecule has 1 aliphatic heterocycles. The molecule has 1 amide bonds. The Morgan fingerprint density at radius 3 is 2.78 bits per heavy atom. The van der Waals surface area contributed by atoms with Crippen LogP contribution in [0.3, 0.4) is 0 Å². The lowest BCUT2D eigenvalue weighted by Crippen LogP contribution is -2.37. The summed E-state index contributed by atoms with van der Waals surface area (Å²) in [5.41, 5.74) is 0. The van der Waals surface area contributed by atoms with E-state index in [1.165, 1.54) is 0 Å². The molecule has 2 fully saturated rings. The van der Waals surface area contributed by atoms with E-state index < -0.39 is 0 Å². The first-order chi connectivity index (χ1) is 8.60. The van der Waals surface area contributed by atoms with Gasteiger partial charge in [-0.2, -0.15) is 0 Å². The number of rotatable bonds is 5. The molecule has 2 unspecified atom stereocenters. The van der Waals surface area contributed by atoms with Crippen molar-refractivity contribution in [2.45, 2.75) is 51.7 Å². The number of aliphatic hydroxyl groups is 1. The molecule has 2 rings (SSSR count). The standard InChI is InChI=1S/C14H25NO3/c1-3-18-13-6-11(7-13)8-14(17)15-5-4-12(9-15)10(2)16/h10-13,16H,3-9H2,1-2H3. The minimum Gasteiger partial charge on any atom is -0.393 e. The molecular formula is C14H25NO3. The van der Waals surface area contributed by atoms with Crippen molar-refractivity contribution in [2.75, 3.05) is 19.7 Å². The predicted molar refractivity (Wildman–Crippen MR) is 69.1 cm³/mol. The maximum Gasteiger partial charge on any atom is 0.222 e. The highest BCUT2D eigenvalue weighted by Crippen LogP contribution is 2.33. The Bertz CT molecular complexity index is 287. The Hall–Kier alpha value is -0.610. The first-order valence-electron chi connectivity index (χ1n) is 7.17. The molecule has 0 aromatic rings. The first kappa shape index (κ1) is 13.8. The average molecular weight is 255 g/mol. The lowest BCUT2D eigenvalue weighted by Gasteiger charge is -2.35. The summed E-state index contributed by atoms with van der Waals surface area (Å²) < 4.78 is 5.51. The fourth-order valence-corrected chi connectivity index (χ4v) is 3.00. The van der Waals surface area contributed by atoms with Crippen molar-refractivity contribution in [1.29, 1.82) is 0 Å². The number of hydrogen-bond donors (Lipinski definition) is 1. The molecule has 18 heavy (non-hydrogen) atoms. The number of carbonyl (C=O) groups excluding carboxylic acids is 1. The van der Waals surface area contributed by atoms with Crippen molar-refractivity contribution in [1.82, 2.24) is 4.90 Å². The molecule has 1 aliphatic carbocycles. The Balaban J connectivity index is 1.67. The number of ether oxygens (including phenoxy) is 1. The summed E-state index contributed by atoms with van der Waals surface area (Å²) >= 11 is 0. The highest BCUT2D eigenvalue weighted by Gasteiger charge is 2.34. The molecule has 104 valence electrons. The molecule has 2 aliphatic rings. The summed E-state index contributed by atoms with van der Waals surface area (Å²) in [6.45, 7) is 6.15. The van der Waals surface area contributed by atoms with Gasteiger partial charge in [0.15, 0.2) is 0 Å². The summed E-state index contributed by atoms with van der Waals surface area (Å²) in [6, 6.07) is 0. The third-order valence-electron chi connectivity index (χ3n) is 4.32. The number of carbonyl (C=O) groups is 1. The summed E-state index contributed by atoms with van der Waals surface area (Å²) in [4.78, 5) is 14.0. The van der Waals surface area contributed by atoms with Crippen molar-refractivity contribution >= 4 is 5.91 Å². The maximum absolute atomic E-state index is 12.1.